The molecule has 0 bridgehead atoms. The molecule has 0 heterocycles. The molecule has 0 saturated carbocycles. The zero-order chi connectivity index (χ0) is 37.3. The fourth-order valence-electron chi connectivity index (χ4n) is 5.05. The summed E-state index contributed by atoms with van der Waals surface area (Å²) in [7, 11) is 0. The minimum Gasteiger partial charge on any atom is -0.492 e. The second kappa shape index (κ2) is 20.6. The van der Waals surface area contributed by atoms with Crippen LogP contribution >= 0.6 is 11.6 Å². The highest BCUT2D eigenvalue weighted by atomic mass is 35.5. The maximum Gasteiger partial charge on any atom is 0.347 e. The highest BCUT2D eigenvalue weighted by Gasteiger charge is 2.21. The lowest BCUT2D eigenvalue weighted by Gasteiger charge is -2.13. The van der Waals surface area contributed by atoms with Crippen molar-refractivity contribution >= 4 is 35.5 Å². The third-order valence-corrected chi connectivity index (χ3v) is 8.40. The normalized spacial score (nSPS) is 11.3. The van der Waals surface area contributed by atoms with Crippen molar-refractivity contribution < 1.29 is 42.9 Å². The zero-order valence-electron chi connectivity index (χ0n) is 29.9. The molecule has 0 aromatic heterocycles. The van der Waals surface area contributed by atoms with Gasteiger partial charge in [0.05, 0.1) is 34.9 Å². The fourth-order valence-corrected chi connectivity index (χ4v) is 5.29. The summed E-state index contributed by atoms with van der Waals surface area (Å²) in [6, 6.07) is 24.3. The molecule has 52 heavy (non-hydrogen) atoms. The Hall–Kier alpha value is -5.15. The van der Waals surface area contributed by atoms with Gasteiger partial charge >= 0.3 is 23.9 Å². The number of carbonyl (C=O) groups is 4. The third-order valence-electron chi connectivity index (χ3n) is 8.10. The first kappa shape index (κ1) is 39.6. The number of unbranched alkanes of at least 4 members (excludes halogenated alkanes) is 6. The Kier molecular flexibility index (Phi) is 15.7. The molecule has 0 spiro atoms. The van der Waals surface area contributed by atoms with Crippen LogP contribution in [0.15, 0.2) is 91.0 Å². The molecule has 0 aliphatic carbocycles. The Morgan fingerprint density at radius 3 is 1.58 bits per heavy atom. The molecule has 0 amide bonds. The maximum absolute atomic E-state index is 12.8. The highest BCUT2D eigenvalue weighted by Crippen LogP contribution is 2.31. The number of ether oxygens (including phenoxy) is 5. The van der Waals surface area contributed by atoms with Crippen LogP contribution < -0.4 is 14.2 Å². The van der Waals surface area contributed by atoms with Crippen LogP contribution in [0.5, 0.6) is 17.2 Å². The van der Waals surface area contributed by atoms with Gasteiger partial charge in [-0.25, -0.2) is 19.2 Å². The Labute approximate surface area is 310 Å². The van der Waals surface area contributed by atoms with E-state index in [-0.39, 0.29) is 29.2 Å². The van der Waals surface area contributed by atoms with Gasteiger partial charge in [0.15, 0.2) is 6.10 Å². The number of carbonyl (C=O) groups excluding carboxylic acids is 4. The van der Waals surface area contributed by atoms with E-state index in [2.05, 4.69) is 13.8 Å². The number of benzene rings is 4. The van der Waals surface area contributed by atoms with E-state index in [9.17, 15) is 19.2 Å². The van der Waals surface area contributed by atoms with Crippen molar-refractivity contribution in [3.05, 3.63) is 113 Å². The standard InChI is InChI=1S/C42H45ClO9/c1-4-6-8-10-26-48-38-25-20-34(28-37(38)43)30-12-14-31(15-13-30)41(46)51-36-23-18-33(19-24-36)42(47)52-35-21-16-32(17-22-35)40(45)50-29(3)39(44)49-27-11-9-7-5-2/h12-25,28-29H,4-11,26-27H2,1-3H3. The molecule has 0 aliphatic heterocycles. The van der Waals surface area contributed by atoms with Gasteiger partial charge in [-0.1, -0.05) is 82.2 Å². The summed E-state index contributed by atoms with van der Waals surface area (Å²) < 4.78 is 27.1. The van der Waals surface area contributed by atoms with E-state index in [1.165, 1.54) is 68.3 Å². The molecule has 4 rings (SSSR count). The highest BCUT2D eigenvalue weighted by molar-refractivity contribution is 6.32. The topological polar surface area (TPSA) is 114 Å². The van der Waals surface area contributed by atoms with Gasteiger partial charge in [-0.15, -0.1) is 0 Å². The molecule has 0 saturated heterocycles. The van der Waals surface area contributed by atoms with Crippen molar-refractivity contribution in [1.82, 2.24) is 0 Å². The molecule has 0 aliphatic rings. The van der Waals surface area contributed by atoms with Crippen molar-refractivity contribution in [2.24, 2.45) is 0 Å². The molecular formula is C42H45ClO9. The second-order valence-electron chi connectivity index (χ2n) is 12.2. The summed E-state index contributed by atoms with van der Waals surface area (Å²) in [6.07, 6.45) is 7.29. The van der Waals surface area contributed by atoms with Crippen LogP contribution in [0.1, 0.15) is 103 Å². The van der Waals surface area contributed by atoms with E-state index in [0.717, 1.165) is 49.7 Å². The number of rotatable bonds is 19. The van der Waals surface area contributed by atoms with Crippen molar-refractivity contribution in [2.75, 3.05) is 13.2 Å². The summed E-state index contributed by atoms with van der Waals surface area (Å²) in [5.41, 5.74) is 2.53. The van der Waals surface area contributed by atoms with E-state index in [1.807, 2.05) is 30.3 Å². The summed E-state index contributed by atoms with van der Waals surface area (Å²) in [5, 5.41) is 0.526. The third kappa shape index (κ3) is 12.3. The van der Waals surface area contributed by atoms with E-state index in [1.54, 1.807) is 12.1 Å². The minimum atomic E-state index is -1.06. The van der Waals surface area contributed by atoms with Crippen LogP contribution in [0.3, 0.4) is 0 Å². The molecule has 4 aromatic carbocycles. The van der Waals surface area contributed by atoms with Crippen molar-refractivity contribution in [1.29, 1.82) is 0 Å². The minimum absolute atomic E-state index is 0.181. The molecule has 0 fully saturated rings. The zero-order valence-corrected chi connectivity index (χ0v) is 30.6. The van der Waals surface area contributed by atoms with Crippen LogP contribution in [0.2, 0.25) is 5.02 Å². The number of halogens is 1. The van der Waals surface area contributed by atoms with Gasteiger partial charge in [0.2, 0.25) is 0 Å². The average molecular weight is 729 g/mol. The SMILES string of the molecule is CCCCCCOC(=O)C(C)OC(=O)c1ccc(OC(=O)c2ccc(OC(=O)c3ccc(-c4ccc(OCCCCCC)c(Cl)c4)cc3)cc2)cc1. The van der Waals surface area contributed by atoms with E-state index in [0.29, 0.717) is 22.9 Å². The quantitative estimate of drug-likeness (QED) is 0.0528. The Balaban J connectivity index is 1.24. The molecule has 9 nitrogen and oxygen atoms in total. The summed E-state index contributed by atoms with van der Waals surface area (Å²) in [5.74, 6) is -1.42. The predicted molar refractivity (Wildman–Crippen MR) is 199 cm³/mol. The van der Waals surface area contributed by atoms with E-state index in [4.69, 9.17) is 35.3 Å². The summed E-state index contributed by atoms with van der Waals surface area (Å²) >= 11 is 6.46. The molecule has 10 heteroatoms. The predicted octanol–water partition coefficient (Wildman–Crippen LogP) is 10.1. The molecular weight excluding hydrogens is 684 g/mol. The monoisotopic (exact) mass is 728 g/mol. The Bertz CT molecular complexity index is 1770. The lowest BCUT2D eigenvalue weighted by Crippen LogP contribution is -2.26. The molecule has 274 valence electrons. The van der Waals surface area contributed by atoms with Gasteiger partial charge in [-0.05, 0) is 104 Å². The lowest BCUT2D eigenvalue weighted by atomic mass is 10.0. The molecule has 1 atom stereocenters. The van der Waals surface area contributed by atoms with Gasteiger partial charge in [-0.2, -0.15) is 0 Å². The van der Waals surface area contributed by atoms with Crippen LogP contribution in [0.25, 0.3) is 11.1 Å². The van der Waals surface area contributed by atoms with Gasteiger partial charge in [0.25, 0.3) is 0 Å². The van der Waals surface area contributed by atoms with Crippen LogP contribution in [-0.2, 0) is 14.3 Å². The number of hydrogen-bond donors (Lipinski definition) is 0. The van der Waals surface area contributed by atoms with Crippen LogP contribution in [0.4, 0.5) is 0 Å². The lowest BCUT2D eigenvalue weighted by molar-refractivity contribution is -0.153. The van der Waals surface area contributed by atoms with Crippen LogP contribution in [-0.4, -0.2) is 43.2 Å². The van der Waals surface area contributed by atoms with Crippen LogP contribution in [0, 0.1) is 0 Å². The van der Waals surface area contributed by atoms with Gasteiger partial charge < -0.3 is 23.7 Å². The molecule has 1 unspecified atom stereocenters. The summed E-state index contributed by atoms with van der Waals surface area (Å²) in [6.45, 7) is 6.63. The van der Waals surface area contributed by atoms with Gasteiger partial charge in [0, 0.05) is 0 Å². The van der Waals surface area contributed by atoms with Crippen molar-refractivity contribution in [3.8, 4) is 28.4 Å². The fraction of sp³-hybridized carbons (Fsp3) is 0.333. The largest absolute Gasteiger partial charge is 0.492 e. The first-order chi connectivity index (χ1) is 25.2. The maximum atomic E-state index is 12.8. The van der Waals surface area contributed by atoms with Crippen molar-refractivity contribution in [2.45, 2.75) is 78.2 Å². The molecule has 0 radical (unpaired) electrons. The van der Waals surface area contributed by atoms with Gasteiger partial charge in [-0.3, -0.25) is 0 Å². The Morgan fingerprint density at radius 1 is 0.577 bits per heavy atom. The first-order valence-corrected chi connectivity index (χ1v) is 18.1. The summed E-state index contributed by atoms with van der Waals surface area (Å²) in [4.78, 5) is 50.2. The second-order valence-corrected chi connectivity index (χ2v) is 12.6. The Morgan fingerprint density at radius 2 is 1.06 bits per heavy atom. The molecule has 4 aromatic rings. The smallest absolute Gasteiger partial charge is 0.347 e. The van der Waals surface area contributed by atoms with E-state index >= 15 is 0 Å². The van der Waals surface area contributed by atoms with Crippen molar-refractivity contribution in [3.63, 3.8) is 0 Å². The average Bonchev–Trinajstić information content (AvgIpc) is 3.15. The number of esters is 4. The van der Waals surface area contributed by atoms with Gasteiger partial charge in [0.1, 0.15) is 17.2 Å². The first-order valence-electron chi connectivity index (χ1n) is 17.7. The number of hydrogen-bond acceptors (Lipinski definition) is 9. The van der Waals surface area contributed by atoms with E-state index < -0.39 is 30.0 Å². The molecule has 0 N–H and O–H groups in total.